The van der Waals surface area contributed by atoms with E-state index in [1.165, 1.54) is 38.8 Å². The Morgan fingerprint density at radius 3 is 2.70 bits per heavy atom. The van der Waals surface area contributed by atoms with Crippen LogP contribution in [0.4, 0.5) is 0 Å². The van der Waals surface area contributed by atoms with Gasteiger partial charge < -0.3 is 10.2 Å². The molecule has 0 aromatic carbocycles. The van der Waals surface area contributed by atoms with Gasteiger partial charge in [-0.1, -0.05) is 6.42 Å². The average Bonchev–Trinajstić information content (AvgIpc) is 3.11. The Balaban J connectivity index is 1.62. The molecule has 2 aliphatic heterocycles. The van der Waals surface area contributed by atoms with Crippen molar-refractivity contribution >= 4 is 15.9 Å². The molecule has 0 spiro atoms. The van der Waals surface area contributed by atoms with Crippen LogP contribution in [0.15, 0.2) is 21.2 Å². The highest BCUT2D eigenvalue weighted by Gasteiger charge is 2.33. The molecule has 0 radical (unpaired) electrons. The monoisotopic (exact) mass is 341 g/mol. The number of halogens is 1. The molecule has 0 bridgehead atoms. The zero-order valence-electron chi connectivity index (χ0n) is 11.9. The minimum absolute atomic E-state index is 0.219. The molecule has 0 aliphatic carbocycles. The predicted molar refractivity (Wildman–Crippen MR) is 83.6 cm³/mol. The molecule has 2 atom stereocenters. The first-order valence-corrected chi connectivity index (χ1v) is 8.50. The van der Waals surface area contributed by atoms with Gasteiger partial charge in [-0.3, -0.25) is 9.80 Å². The van der Waals surface area contributed by atoms with Crippen molar-refractivity contribution in [3.63, 3.8) is 0 Å². The van der Waals surface area contributed by atoms with Crippen LogP contribution < -0.4 is 5.73 Å². The van der Waals surface area contributed by atoms with E-state index in [0.29, 0.717) is 12.6 Å². The van der Waals surface area contributed by atoms with Gasteiger partial charge in [0.05, 0.1) is 6.04 Å². The molecule has 3 rings (SSSR count). The van der Waals surface area contributed by atoms with E-state index < -0.39 is 0 Å². The first-order chi connectivity index (χ1) is 9.78. The van der Waals surface area contributed by atoms with Gasteiger partial charge in [0.2, 0.25) is 0 Å². The number of nitrogens with zero attached hydrogens (tertiary/aromatic N) is 2. The van der Waals surface area contributed by atoms with Crippen molar-refractivity contribution in [2.45, 2.75) is 37.8 Å². The van der Waals surface area contributed by atoms with Gasteiger partial charge in [-0.05, 0) is 60.4 Å². The highest BCUT2D eigenvalue weighted by Crippen LogP contribution is 2.29. The molecule has 1 aromatic rings. The highest BCUT2D eigenvalue weighted by molar-refractivity contribution is 9.10. The highest BCUT2D eigenvalue weighted by atomic mass is 79.9. The van der Waals surface area contributed by atoms with Gasteiger partial charge in [0.25, 0.3) is 0 Å². The molecule has 1 aromatic heterocycles. The van der Waals surface area contributed by atoms with Crippen molar-refractivity contribution < 1.29 is 4.42 Å². The number of hydrogen-bond donors (Lipinski definition) is 1. The van der Waals surface area contributed by atoms with Crippen molar-refractivity contribution in [3.8, 4) is 0 Å². The molecule has 2 unspecified atom stereocenters. The molecule has 2 saturated heterocycles. The molecule has 4 nitrogen and oxygen atoms in total. The van der Waals surface area contributed by atoms with Crippen LogP contribution in [-0.2, 0) is 0 Å². The SMILES string of the molecule is NCC(c1ccc(Br)o1)N1CCC(N2CCCCC2)C1. The maximum atomic E-state index is 5.99. The van der Waals surface area contributed by atoms with E-state index in [2.05, 4.69) is 25.7 Å². The van der Waals surface area contributed by atoms with Gasteiger partial charge in [0.1, 0.15) is 5.76 Å². The summed E-state index contributed by atoms with van der Waals surface area (Å²) in [5, 5.41) is 0. The summed E-state index contributed by atoms with van der Waals surface area (Å²) in [4.78, 5) is 5.17. The molecule has 2 aliphatic rings. The predicted octanol–water partition coefficient (Wildman–Crippen LogP) is 2.60. The maximum Gasteiger partial charge on any atom is 0.169 e. The van der Waals surface area contributed by atoms with E-state index in [1.807, 2.05) is 12.1 Å². The molecular formula is C15H24BrN3O. The second kappa shape index (κ2) is 6.60. The van der Waals surface area contributed by atoms with Crippen LogP contribution in [0, 0.1) is 0 Å². The van der Waals surface area contributed by atoms with Gasteiger partial charge in [0, 0.05) is 25.7 Å². The van der Waals surface area contributed by atoms with Gasteiger partial charge in [0.15, 0.2) is 4.67 Å². The Morgan fingerprint density at radius 1 is 1.25 bits per heavy atom. The zero-order valence-corrected chi connectivity index (χ0v) is 13.5. The minimum atomic E-state index is 0.219. The van der Waals surface area contributed by atoms with E-state index in [0.717, 1.165) is 23.5 Å². The zero-order chi connectivity index (χ0) is 13.9. The van der Waals surface area contributed by atoms with Crippen molar-refractivity contribution in [1.82, 2.24) is 9.80 Å². The van der Waals surface area contributed by atoms with Crippen molar-refractivity contribution in [2.75, 3.05) is 32.7 Å². The van der Waals surface area contributed by atoms with Crippen LogP contribution >= 0.6 is 15.9 Å². The molecule has 0 saturated carbocycles. The Bertz CT molecular complexity index is 431. The summed E-state index contributed by atoms with van der Waals surface area (Å²) in [7, 11) is 0. The van der Waals surface area contributed by atoms with Gasteiger partial charge in [-0.15, -0.1) is 0 Å². The third-order valence-electron chi connectivity index (χ3n) is 4.69. The Labute approximate surface area is 129 Å². The normalized spacial score (nSPS) is 27.0. The number of nitrogens with two attached hydrogens (primary N) is 1. The van der Waals surface area contributed by atoms with E-state index in [1.54, 1.807) is 0 Å². The van der Waals surface area contributed by atoms with Crippen LogP contribution in [0.2, 0.25) is 0 Å². The van der Waals surface area contributed by atoms with Crippen molar-refractivity contribution in [3.05, 3.63) is 22.6 Å². The van der Waals surface area contributed by atoms with Gasteiger partial charge >= 0.3 is 0 Å². The second-order valence-corrected chi connectivity index (χ2v) is 6.71. The van der Waals surface area contributed by atoms with Gasteiger partial charge in [-0.2, -0.15) is 0 Å². The molecule has 112 valence electrons. The first kappa shape index (κ1) is 14.6. The summed E-state index contributed by atoms with van der Waals surface area (Å²) in [5.41, 5.74) is 5.99. The lowest BCUT2D eigenvalue weighted by Crippen LogP contribution is -2.41. The summed E-state index contributed by atoms with van der Waals surface area (Å²) in [6.45, 7) is 5.42. The molecule has 2 N–H and O–H groups in total. The quantitative estimate of drug-likeness (QED) is 0.914. The Kier molecular flexibility index (Phi) is 4.81. The summed E-state index contributed by atoms with van der Waals surface area (Å²) in [6, 6.07) is 4.92. The molecule has 5 heteroatoms. The maximum absolute atomic E-state index is 5.99. The molecule has 20 heavy (non-hydrogen) atoms. The van der Waals surface area contributed by atoms with Crippen LogP contribution in [0.5, 0.6) is 0 Å². The molecule has 2 fully saturated rings. The number of hydrogen-bond acceptors (Lipinski definition) is 4. The first-order valence-electron chi connectivity index (χ1n) is 7.71. The fraction of sp³-hybridized carbons (Fsp3) is 0.733. The standard InChI is InChI=1S/C15H24BrN3O/c16-15-5-4-14(20-15)13(10-17)19-9-6-12(11-19)18-7-2-1-3-8-18/h4-5,12-13H,1-3,6-11,17H2. The van der Waals surface area contributed by atoms with Crippen LogP contribution in [0.25, 0.3) is 0 Å². The van der Waals surface area contributed by atoms with Crippen LogP contribution in [0.1, 0.15) is 37.5 Å². The number of furan rings is 1. The summed E-state index contributed by atoms with van der Waals surface area (Å²) >= 11 is 3.38. The second-order valence-electron chi connectivity index (χ2n) is 5.93. The largest absolute Gasteiger partial charge is 0.453 e. The lowest BCUT2D eigenvalue weighted by Gasteiger charge is -2.33. The number of rotatable bonds is 4. The minimum Gasteiger partial charge on any atom is -0.453 e. The molecule has 0 amide bonds. The number of likely N-dealkylation sites (tertiary alicyclic amines) is 2. The van der Waals surface area contributed by atoms with Crippen LogP contribution in [0.3, 0.4) is 0 Å². The fourth-order valence-corrected chi connectivity index (χ4v) is 3.90. The third kappa shape index (κ3) is 3.11. The van der Waals surface area contributed by atoms with E-state index in [-0.39, 0.29) is 6.04 Å². The summed E-state index contributed by atoms with van der Waals surface area (Å²) in [5.74, 6) is 0.985. The summed E-state index contributed by atoms with van der Waals surface area (Å²) in [6.07, 6.45) is 5.39. The number of piperidine rings is 1. The smallest absolute Gasteiger partial charge is 0.169 e. The van der Waals surface area contributed by atoms with Crippen LogP contribution in [-0.4, -0.2) is 48.6 Å². The summed E-state index contributed by atoms with van der Waals surface area (Å²) < 4.78 is 6.50. The lowest BCUT2D eigenvalue weighted by atomic mass is 10.1. The molecular weight excluding hydrogens is 318 g/mol. The third-order valence-corrected chi connectivity index (χ3v) is 5.11. The van der Waals surface area contributed by atoms with Crippen molar-refractivity contribution in [1.29, 1.82) is 0 Å². The van der Waals surface area contributed by atoms with E-state index in [9.17, 15) is 0 Å². The van der Waals surface area contributed by atoms with E-state index >= 15 is 0 Å². The van der Waals surface area contributed by atoms with E-state index in [4.69, 9.17) is 10.2 Å². The lowest BCUT2D eigenvalue weighted by molar-refractivity contribution is 0.147. The topological polar surface area (TPSA) is 45.6 Å². The van der Waals surface area contributed by atoms with Crippen molar-refractivity contribution in [2.24, 2.45) is 5.73 Å². The average molecular weight is 342 g/mol. The van der Waals surface area contributed by atoms with Gasteiger partial charge in [-0.25, -0.2) is 0 Å². The Morgan fingerprint density at radius 2 is 2.05 bits per heavy atom. The Hall–Kier alpha value is -0.360. The fourth-order valence-electron chi connectivity index (χ4n) is 3.59. The molecule has 3 heterocycles.